The Morgan fingerprint density at radius 2 is 1.67 bits per heavy atom. The van der Waals surface area contributed by atoms with Gasteiger partial charge in [0.15, 0.2) is 0 Å². The van der Waals surface area contributed by atoms with Gasteiger partial charge in [0, 0.05) is 63.4 Å². The lowest BCUT2D eigenvalue weighted by molar-refractivity contribution is -0.0516. The van der Waals surface area contributed by atoms with Gasteiger partial charge in [-0.25, -0.2) is 4.79 Å². The molecule has 2 heterocycles. The molecule has 1 aliphatic carbocycles. The molecule has 1 spiro atoms. The Labute approximate surface area is 147 Å². The van der Waals surface area contributed by atoms with E-state index in [1.807, 2.05) is 11.9 Å². The summed E-state index contributed by atoms with van der Waals surface area (Å²) in [5.41, 5.74) is 0.302. The normalized spacial score (nSPS) is 25.7. The zero-order valence-electron chi connectivity index (χ0n) is 16.3. The van der Waals surface area contributed by atoms with Gasteiger partial charge in [-0.1, -0.05) is 0 Å². The average molecular weight is 337 g/mol. The first-order valence-electron chi connectivity index (χ1n) is 9.86. The zero-order chi connectivity index (χ0) is 17.5. The molecule has 5 nitrogen and oxygen atoms in total. The van der Waals surface area contributed by atoms with E-state index < -0.39 is 0 Å². The highest BCUT2D eigenvalue weighted by Crippen LogP contribution is 2.41. The van der Waals surface area contributed by atoms with E-state index in [1.165, 1.54) is 32.5 Å². The Bertz CT molecular complexity index is 452. The average Bonchev–Trinajstić information content (AvgIpc) is 3.38. The van der Waals surface area contributed by atoms with E-state index in [1.54, 1.807) is 0 Å². The van der Waals surface area contributed by atoms with Crippen LogP contribution in [0.25, 0.3) is 0 Å². The van der Waals surface area contributed by atoms with Crippen molar-refractivity contribution < 1.29 is 4.79 Å². The second-order valence-electron chi connectivity index (χ2n) is 8.69. The van der Waals surface area contributed by atoms with Crippen molar-refractivity contribution in [2.45, 2.75) is 77.0 Å². The molecule has 0 radical (unpaired) electrons. The first-order valence-corrected chi connectivity index (χ1v) is 9.86. The van der Waals surface area contributed by atoms with E-state index in [4.69, 9.17) is 0 Å². The van der Waals surface area contributed by atoms with Crippen LogP contribution >= 0.6 is 0 Å². The third-order valence-electron chi connectivity index (χ3n) is 6.49. The van der Waals surface area contributed by atoms with Gasteiger partial charge >= 0.3 is 6.03 Å². The minimum atomic E-state index is 0.203. The first-order chi connectivity index (χ1) is 11.3. The Balaban J connectivity index is 1.67. The molecule has 3 rings (SSSR count). The molecule has 2 amide bonds. The Morgan fingerprint density at radius 1 is 1.04 bits per heavy atom. The summed E-state index contributed by atoms with van der Waals surface area (Å²) in [7, 11) is 1.93. The van der Waals surface area contributed by atoms with Crippen LogP contribution in [-0.4, -0.2) is 89.1 Å². The molecule has 138 valence electrons. The van der Waals surface area contributed by atoms with Crippen molar-refractivity contribution in [1.29, 1.82) is 0 Å². The van der Waals surface area contributed by atoms with Gasteiger partial charge < -0.3 is 9.80 Å². The molecule has 0 aromatic heterocycles. The molecule has 0 aromatic rings. The van der Waals surface area contributed by atoms with Crippen LogP contribution in [0, 0.1) is 0 Å². The van der Waals surface area contributed by atoms with Crippen molar-refractivity contribution in [2.24, 2.45) is 0 Å². The molecule has 3 aliphatic rings. The SMILES string of the molecule is CC(C)N1CCN(C2CC2)C2(CCN(C(=O)N(C)C(C)C)CC2)C1. The third kappa shape index (κ3) is 3.43. The van der Waals surface area contributed by atoms with Crippen LogP contribution in [0.1, 0.15) is 53.4 Å². The number of hydrogen-bond donors (Lipinski definition) is 0. The van der Waals surface area contributed by atoms with E-state index in [0.717, 1.165) is 32.0 Å². The van der Waals surface area contributed by atoms with E-state index in [-0.39, 0.29) is 12.1 Å². The summed E-state index contributed by atoms with van der Waals surface area (Å²) in [5.74, 6) is 0. The van der Waals surface area contributed by atoms with Crippen molar-refractivity contribution in [2.75, 3.05) is 39.8 Å². The quantitative estimate of drug-likeness (QED) is 0.793. The summed E-state index contributed by atoms with van der Waals surface area (Å²) in [5, 5.41) is 0. The van der Waals surface area contributed by atoms with Crippen LogP contribution in [0.15, 0.2) is 0 Å². The highest BCUT2D eigenvalue weighted by atomic mass is 16.2. The predicted molar refractivity (Wildman–Crippen MR) is 98.3 cm³/mol. The summed E-state index contributed by atoms with van der Waals surface area (Å²) < 4.78 is 0. The van der Waals surface area contributed by atoms with Crippen LogP contribution in [-0.2, 0) is 0 Å². The number of rotatable bonds is 3. The van der Waals surface area contributed by atoms with Gasteiger partial charge in [0.2, 0.25) is 0 Å². The van der Waals surface area contributed by atoms with Crippen molar-refractivity contribution in [3.63, 3.8) is 0 Å². The van der Waals surface area contributed by atoms with Crippen molar-refractivity contribution in [3.05, 3.63) is 0 Å². The number of likely N-dealkylation sites (tertiary alicyclic amines) is 1. The predicted octanol–water partition coefficient (Wildman–Crippen LogP) is 2.47. The molecule has 0 unspecified atom stereocenters. The van der Waals surface area contributed by atoms with Gasteiger partial charge in [-0.05, 0) is 53.4 Å². The number of amides is 2. The minimum absolute atomic E-state index is 0.203. The molecular formula is C19H36N4O. The Hall–Kier alpha value is -0.810. The maximum absolute atomic E-state index is 12.6. The summed E-state index contributed by atoms with van der Waals surface area (Å²) in [6.07, 6.45) is 5.01. The van der Waals surface area contributed by atoms with Gasteiger partial charge in [0.1, 0.15) is 0 Å². The smallest absolute Gasteiger partial charge is 0.319 e. The fourth-order valence-corrected chi connectivity index (χ4v) is 4.42. The number of urea groups is 1. The number of piperazine rings is 1. The van der Waals surface area contributed by atoms with Gasteiger partial charge in [-0.2, -0.15) is 0 Å². The van der Waals surface area contributed by atoms with Crippen LogP contribution in [0.3, 0.4) is 0 Å². The topological polar surface area (TPSA) is 30.0 Å². The molecule has 2 aliphatic heterocycles. The monoisotopic (exact) mass is 336 g/mol. The summed E-state index contributed by atoms with van der Waals surface area (Å²) in [6, 6.07) is 1.91. The fraction of sp³-hybridized carbons (Fsp3) is 0.947. The van der Waals surface area contributed by atoms with Crippen molar-refractivity contribution in [1.82, 2.24) is 19.6 Å². The van der Waals surface area contributed by atoms with Gasteiger partial charge in [-0.3, -0.25) is 9.80 Å². The molecule has 0 bridgehead atoms. The lowest BCUT2D eigenvalue weighted by atomic mass is 9.82. The first kappa shape index (κ1) is 18.0. The minimum Gasteiger partial charge on any atom is -0.325 e. The second kappa shape index (κ2) is 6.83. The largest absolute Gasteiger partial charge is 0.325 e. The zero-order valence-corrected chi connectivity index (χ0v) is 16.3. The van der Waals surface area contributed by atoms with Gasteiger partial charge in [0.25, 0.3) is 0 Å². The van der Waals surface area contributed by atoms with E-state index in [9.17, 15) is 4.79 Å². The molecule has 0 N–H and O–H groups in total. The molecule has 1 saturated carbocycles. The van der Waals surface area contributed by atoms with Crippen LogP contribution in [0.4, 0.5) is 4.79 Å². The number of carbonyl (C=O) groups is 1. The van der Waals surface area contributed by atoms with E-state index in [2.05, 4.69) is 42.4 Å². The Morgan fingerprint density at radius 3 is 2.17 bits per heavy atom. The number of nitrogens with zero attached hydrogens (tertiary/aromatic N) is 4. The number of hydrogen-bond acceptors (Lipinski definition) is 3. The molecule has 0 atom stereocenters. The standard InChI is InChI=1S/C19H36N4O/c1-15(2)20(5)18(24)21-10-8-19(9-11-21)14-22(16(3)4)12-13-23(19)17-6-7-17/h15-17H,6-14H2,1-5H3. The summed E-state index contributed by atoms with van der Waals surface area (Å²) >= 11 is 0. The lowest BCUT2D eigenvalue weighted by Gasteiger charge is -2.55. The van der Waals surface area contributed by atoms with Crippen LogP contribution in [0.5, 0.6) is 0 Å². The van der Waals surface area contributed by atoms with E-state index in [0.29, 0.717) is 11.6 Å². The third-order valence-corrected chi connectivity index (χ3v) is 6.49. The van der Waals surface area contributed by atoms with Crippen molar-refractivity contribution in [3.8, 4) is 0 Å². The summed E-state index contributed by atoms with van der Waals surface area (Å²) in [4.78, 5) is 22.1. The maximum atomic E-state index is 12.6. The van der Waals surface area contributed by atoms with Crippen molar-refractivity contribution >= 4 is 6.03 Å². The highest BCUT2D eigenvalue weighted by molar-refractivity contribution is 5.74. The maximum Gasteiger partial charge on any atom is 0.319 e. The van der Waals surface area contributed by atoms with Gasteiger partial charge in [-0.15, -0.1) is 0 Å². The van der Waals surface area contributed by atoms with Crippen LogP contribution < -0.4 is 0 Å². The highest BCUT2D eigenvalue weighted by Gasteiger charge is 2.49. The fourth-order valence-electron chi connectivity index (χ4n) is 4.42. The number of carbonyl (C=O) groups excluding carboxylic acids is 1. The van der Waals surface area contributed by atoms with Gasteiger partial charge in [0.05, 0.1) is 0 Å². The van der Waals surface area contributed by atoms with E-state index >= 15 is 0 Å². The number of piperidine rings is 1. The second-order valence-corrected chi connectivity index (χ2v) is 8.69. The molecular weight excluding hydrogens is 300 g/mol. The molecule has 0 aromatic carbocycles. The lowest BCUT2D eigenvalue weighted by Crippen LogP contribution is -2.67. The molecule has 2 saturated heterocycles. The van der Waals surface area contributed by atoms with Crippen LogP contribution in [0.2, 0.25) is 0 Å². The molecule has 3 fully saturated rings. The molecule has 5 heteroatoms. The summed E-state index contributed by atoms with van der Waals surface area (Å²) in [6.45, 7) is 14.2. The Kier molecular flexibility index (Phi) is 5.12. The molecule has 24 heavy (non-hydrogen) atoms.